The number of fused-ring (bicyclic) bond motifs is 3. The zero-order valence-electron chi connectivity index (χ0n) is 9.39. The van der Waals surface area contributed by atoms with Crippen LogP contribution in [0.1, 0.15) is 47.0 Å². The molecule has 3 rings (SSSR count). The van der Waals surface area contributed by atoms with E-state index in [9.17, 15) is 0 Å². The predicted molar refractivity (Wildman–Crippen MR) is 54.6 cm³/mol. The Kier molecular flexibility index (Phi) is 1.99. The molecule has 76 valence electrons. The van der Waals surface area contributed by atoms with E-state index >= 15 is 0 Å². The van der Waals surface area contributed by atoms with Gasteiger partial charge in [0.1, 0.15) is 0 Å². The summed E-state index contributed by atoms with van der Waals surface area (Å²) >= 11 is 0. The Bertz CT molecular complexity index is 199. The van der Waals surface area contributed by atoms with Gasteiger partial charge in [-0.05, 0) is 43.4 Å². The molecule has 0 N–H and O–H groups in total. The van der Waals surface area contributed by atoms with Crippen LogP contribution in [-0.4, -0.2) is 12.2 Å². The van der Waals surface area contributed by atoms with Gasteiger partial charge >= 0.3 is 0 Å². The SMILES string of the molecule is CC(C)C12CCC(C)(OC1)C(C)C2. The summed E-state index contributed by atoms with van der Waals surface area (Å²) in [6, 6.07) is 0. The fourth-order valence-electron chi connectivity index (χ4n) is 3.02. The average molecular weight is 182 g/mol. The Morgan fingerprint density at radius 1 is 1.31 bits per heavy atom. The first kappa shape index (κ1) is 9.51. The monoisotopic (exact) mass is 182 g/mol. The molecule has 1 nitrogen and oxygen atoms in total. The maximum Gasteiger partial charge on any atom is 0.0680 e. The van der Waals surface area contributed by atoms with Crippen molar-refractivity contribution in [3.63, 3.8) is 0 Å². The van der Waals surface area contributed by atoms with Gasteiger partial charge in [0.15, 0.2) is 0 Å². The molecule has 2 bridgehead atoms. The minimum Gasteiger partial charge on any atom is -0.374 e. The van der Waals surface area contributed by atoms with E-state index in [-0.39, 0.29) is 5.60 Å². The maximum absolute atomic E-state index is 6.04. The highest BCUT2D eigenvalue weighted by molar-refractivity contribution is 5.01. The van der Waals surface area contributed by atoms with E-state index < -0.39 is 0 Å². The van der Waals surface area contributed by atoms with Crippen LogP contribution in [0.2, 0.25) is 0 Å². The third-order valence-electron chi connectivity index (χ3n) is 4.79. The van der Waals surface area contributed by atoms with Gasteiger partial charge in [0.25, 0.3) is 0 Å². The molecule has 1 aliphatic carbocycles. The van der Waals surface area contributed by atoms with Gasteiger partial charge in [-0.15, -0.1) is 0 Å². The van der Waals surface area contributed by atoms with E-state index in [1.807, 2.05) is 0 Å². The van der Waals surface area contributed by atoms with E-state index in [0.29, 0.717) is 5.41 Å². The Hall–Kier alpha value is -0.0400. The van der Waals surface area contributed by atoms with Crippen LogP contribution in [0.25, 0.3) is 0 Å². The molecule has 2 saturated heterocycles. The zero-order chi connectivity index (χ0) is 9.69. The van der Waals surface area contributed by atoms with E-state index in [0.717, 1.165) is 18.4 Å². The number of ether oxygens (including phenoxy) is 1. The Balaban J connectivity index is 2.21. The lowest BCUT2D eigenvalue weighted by Gasteiger charge is -2.57. The van der Waals surface area contributed by atoms with Crippen LogP contribution in [0.15, 0.2) is 0 Å². The Labute approximate surface area is 81.9 Å². The molecule has 0 amide bonds. The number of rotatable bonds is 1. The molecule has 1 heteroatoms. The molecular formula is C12H22O. The lowest BCUT2D eigenvalue weighted by atomic mass is 9.58. The second-order valence-electron chi connectivity index (χ2n) is 5.72. The van der Waals surface area contributed by atoms with E-state index in [1.165, 1.54) is 19.3 Å². The smallest absolute Gasteiger partial charge is 0.0680 e. The highest BCUT2D eigenvalue weighted by atomic mass is 16.5. The second-order valence-corrected chi connectivity index (χ2v) is 5.72. The quantitative estimate of drug-likeness (QED) is 0.605. The standard InChI is InChI=1S/C12H22O/c1-9(2)12-6-5-11(4,13-8-12)10(3)7-12/h9-10H,5-8H2,1-4H3. The van der Waals surface area contributed by atoms with Gasteiger partial charge in [-0.2, -0.15) is 0 Å². The summed E-state index contributed by atoms with van der Waals surface area (Å²) in [6.45, 7) is 10.4. The van der Waals surface area contributed by atoms with Gasteiger partial charge in [0.2, 0.25) is 0 Å². The van der Waals surface area contributed by atoms with Crippen LogP contribution in [0.4, 0.5) is 0 Å². The van der Waals surface area contributed by atoms with Crippen molar-refractivity contribution in [3.05, 3.63) is 0 Å². The van der Waals surface area contributed by atoms with Gasteiger partial charge in [-0.3, -0.25) is 0 Å². The highest BCUT2D eigenvalue weighted by Crippen LogP contribution is 2.54. The molecular weight excluding hydrogens is 160 g/mol. The predicted octanol–water partition coefficient (Wildman–Crippen LogP) is 3.24. The zero-order valence-corrected chi connectivity index (χ0v) is 9.39. The molecule has 0 aromatic carbocycles. The van der Waals surface area contributed by atoms with Gasteiger partial charge in [0, 0.05) is 0 Å². The van der Waals surface area contributed by atoms with Crippen LogP contribution >= 0.6 is 0 Å². The van der Waals surface area contributed by atoms with Gasteiger partial charge in [0.05, 0.1) is 12.2 Å². The van der Waals surface area contributed by atoms with Crippen molar-refractivity contribution >= 4 is 0 Å². The largest absolute Gasteiger partial charge is 0.374 e. The molecule has 0 aromatic heterocycles. The molecule has 1 saturated carbocycles. The van der Waals surface area contributed by atoms with Crippen LogP contribution in [-0.2, 0) is 4.74 Å². The summed E-state index contributed by atoms with van der Waals surface area (Å²) in [4.78, 5) is 0. The third-order valence-corrected chi connectivity index (χ3v) is 4.79. The molecule has 3 unspecified atom stereocenters. The molecule has 2 heterocycles. The molecule has 2 aliphatic heterocycles. The van der Waals surface area contributed by atoms with Crippen molar-refractivity contribution in [2.24, 2.45) is 17.3 Å². The minimum atomic E-state index is 0.205. The topological polar surface area (TPSA) is 9.23 Å². The summed E-state index contributed by atoms with van der Waals surface area (Å²) in [6.07, 6.45) is 4.03. The van der Waals surface area contributed by atoms with E-state index in [1.54, 1.807) is 0 Å². The number of hydrogen-bond donors (Lipinski definition) is 0. The number of hydrogen-bond acceptors (Lipinski definition) is 1. The second kappa shape index (κ2) is 2.73. The fourth-order valence-corrected chi connectivity index (χ4v) is 3.02. The van der Waals surface area contributed by atoms with Crippen molar-refractivity contribution in [1.82, 2.24) is 0 Å². The average Bonchev–Trinajstić information content (AvgIpc) is 2.08. The molecule has 3 fully saturated rings. The first-order valence-electron chi connectivity index (χ1n) is 5.62. The van der Waals surface area contributed by atoms with Crippen LogP contribution in [0, 0.1) is 17.3 Å². The van der Waals surface area contributed by atoms with Crippen LogP contribution in [0.3, 0.4) is 0 Å². The molecule has 3 atom stereocenters. The van der Waals surface area contributed by atoms with Crippen molar-refractivity contribution in [3.8, 4) is 0 Å². The van der Waals surface area contributed by atoms with Crippen LogP contribution < -0.4 is 0 Å². The summed E-state index contributed by atoms with van der Waals surface area (Å²) in [7, 11) is 0. The van der Waals surface area contributed by atoms with E-state index in [2.05, 4.69) is 27.7 Å². The lowest BCUT2D eigenvalue weighted by molar-refractivity contribution is -0.216. The van der Waals surface area contributed by atoms with Crippen molar-refractivity contribution in [2.45, 2.75) is 52.6 Å². The van der Waals surface area contributed by atoms with Crippen LogP contribution in [0.5, 0.6) is 0 Å². The summed E-state index contributed by atoms with van der Waals surface area (Å²) < 4.78 is 6.04. The fraction of sp³-hybridized carbons (Fsp3) is 1.00. The first-order valence-corrected chi connectivity index (χ1v) is 5.62. The Morgan fingerprint density at radius 2 is 2.00 bits per heavy atom. The highest BCUT2D eigenvalue weighted by Gasteiger charge is 2.52. The van der Waals surface area contributed by atoms with Crippen molar-refractivity contribution in [1.29, 1.82) is 0 Å². The molecule has 0 spiro atoms. The maximum atomic E-state index is 6.04. The summed E-state index contributed by atoms with van der Waals surface area (Å²) in [5.41, 5.74) is 0.716. The van der Waals surface area contributed by atoms with Crippen molar-refractivity contribution in [2.75, 3.05) is 6.61 Å². The first-order chi connectivity index (χ1) is 5.99. The molecule has 3 aliphatic rings. The summed E-state index contributed by atoms with van der Waals surface area (Å²) in [5.74, 6) is 1.53. The van der Waals surface area contributed by atoms with Gasteiger partial charge in [-0.25, -0.2) is 0 Å². The molecule has 0 radical (unpaired) electrons. The normalized spacial score (nSPS) is 50.1. The third kappa shape index (κ3) is 1.24. The Morgan fingerprint density at radius 3 is 2.38 bits per heavy atom. The summed E-state index contributed by atoms with van der Waals surface area (Å²) in [5, 5.41) is 0. The molecule has 0 aromatic rings. The molecule has 13 heavy (non-hydrogen) atoms. The minimum absolute atomic E-state index is 0.205. The van der Waals surface area contributed by atoms with Gasteiger partial charge < -0.3 is 4.74 Å². The lowest BCUT2D eigenvalue weighted by Crippen LogP contribution is -2.56. The van der Waals surface area contributed by atoms with E-state index in [4.69, 9.17) is 4.74 Å². The van der Waals surface area contributed by atoms with Crippen molar-refractivity contribution < 1.29 is 4.74 Å². The van der Waals surface area contributed by atoms with Gasteiger partial charge in [-0.1, -0.05) is 20.8 Å².